The molecule has 4 rings (SSSR count). The zero-order chi connectivity index (χ0) is 23.6. The first-order valence-corrected chi connectivity index (χ1v) is 10.2. The second-order valence-corrected chi connectivity index (χ2v) is 7.64. The molecule has 1 aliphatic rings. The second kappa shape index (κ2) is 11.9. The molecule has 1 fully saturated rings. The predicted octanol–water partition coefficient (Wildman–Crippen LogP) is 4.39. The van der Waals surface area contributed by atoms with E-state index < -0.39 is 23.6 Å². The van der Waals surface area contributed by atoms with Crippen LogP contribution < -0.4 is 15.4 Å². The van der Waals surface area contributed by atoms with Gasteiger partial charge in [0, 0.05) is 24.2 Å². The number of halogens is 7. The van der Waals surface area contributed by atoms with E-state index in [1.165, 1.54) is 31.4 Å². The molecule has 2 aromatic carbocycles. The van der Waals surface area contributed by atoms with Crippen LogP contribution in [0.15, 0.2) is 36.4 Å². The molecular formula is C21H23Cl2F5N6O. The van der Waals surface area contributed by atoms with E-state index in [1.54, 1.807) is 6.07 Å². The van der Waals surface area contributed by atoms with Crippen molar-refractivity contribution in [2.75, 3.05) is 13.7 Å². The minimum Gasteiger partial charge on any atom is -0.496 e. The standard InChI is InChI=1S/C21H21F5N6O.2ClH/c1-33-18-7-5-14(32-20(21(24,25)26)29-30-31-32)9-13(18)11-28-17-3-2-8-27-19(17)12-4-6-15(22)16(23)10-12;;/h4-7,9-10,17,19,27-28H,2-3,8,11H2,1H3;2*1H/t17-,19-;;/m1../s1. The van der Waals surface area contributed by atoms with Gasteiger partial charge in [-0.2, -0.15) is 17.9 Å². The van der Waals surface area contributed by atoms with E-state index in [0.717, 1.165) is 25.5 Å². The summed E-state index contributed by atoms with van der Waals surface area (Å²) < 4.78 is 72.7. The number of hydrogen-bond acceptors (Lipinski definition) is 6. The van der Waals surface area contributed by atoms with E-state index in [1.807, 2.05) is 0 Å². The number of aromatic nitrogens is 4. The quantitative estimate of drug-likeness (QED) is 0.451. The molecule has 14 heteroatoms. The Hall–Kier alpha value is -2.54. The first-order chi connectivity index (χ1) is 15.8. The molecule has 2 N–H and O–H groups in total. The Balaban J connectivity index is 0.00000216. The summed E-state index contributed by atoms with van der Waals surface area (Å²) in [6.45, 7) is 0.979. The smallest absolute Gasteiger partial charge is 0.453 e. The van der Waals surface area contributed by atoms with Gasteiger partial charge in [-0.3, -0.25) is 0 Å². The highest BCUT2D eigenvalue weighted by atomic mass is 35.5. The molecule has 1 saturated heterocycles. The Morgan fingerprint density at radius 2 is 1.89 bits per heavy atom. The molecule has 0 bridgehead atoms. The maximum absolute atomic E-state index is 13.8. The monoisotopic (exact) mass is 540 g/mol. The number of rotatable bonds is 6. The highest BCUT2D eigenvalue weighted by molar-refractivity contribution is 5.85. The Bertz CT molecular complexity index is 1130. The molecular weight excluding hydrogens is 518 g/mol. The van der Waals surface area contributed by atoms with E-state index in [4.69, 9.17) is 4.74 Å². The first kappa shape index (κ1) is 28.7. The third-order valence-corrected chi connectivity index (χ3v) is 5.55. The van der Waals surface area contributed by atoms with Crippen LogP contribution in [0, 0.1) is 11.6 Å². The van der Waals surface area contributed by atoms with Crippen LogP contribution >= 0.6 is 24.8 Å². The molecule has 35 heavy (non-hydrogen) atoms. The number of benzene rings is 2. The predicted molar refractivity (Wildman–Crippen MR) is 122 cm³/mol. The number of nitrogens with one attached hydrogen (secondary N) is 2. The third-order valence-electron chi connectivity index (χ3n) is 5.55. The number of nitrogens with zero attached hydrogens (tertiary/aromatic N) is 4. The third kappa shape index (κ3) is 6.37. The van der Waals surface area contributed by atoms with Gasteiger partial charge in [-0.15, -0.1) is 29.9 Å². The van der Waals surface area contributed by atoms with Crippen molar-refractivity contribution in [3.05, 3.63) is 65.0 Å². The zero-order valence-electron chi connectivity index (χ0n) is 18.4. The van der Waals surface area contributed by atoms with Crippen LogP contribution in [0.1, 0.15) is 35.8 Å². The number of ether oxygens (including phenoxy) is 1. The van der Waals surface area contributed by atoms with Crippen molar-refractivity contribution < 1.29 is 26.7 Å². The molecule has 192 valence electrons. The van der Waals surface area contributed by atoms with E-state index in [0.29, 0.717) is 21.6 Å². The number of hydrogen-bond donors (Lipinski definition) is 2. The van der Waals surface area contributed by atoms with Crippen LogP contribution in [-0.2, 0) is 12.7 Å². The Morgan fingerprint density at radius 1 is 1.11 bits per heavy atom. The molecule has 0 saturated carbocycles. The Labute approximate surface area is 210 Å². The largest absolute Gasteiger partial charge is 0.496 e. The molecule has 0 amide bonds. The highest BCUT2D eigenvalue weighted by Crippen LogP contribution is 2.30. The molecule has 7 nitrogen and oxygen atoms in total. The summed E-state index contributed by atoms with van der Waals surface area (Å²) in [6.07, 6.45) is -3.08. The lowest BCUT2D eigenvalue weighted by molar-refractivity contribution is -0.146. The number of tetrazole rings is 1. The highest BCUT2D eigenvalue weighted by Gasteiger charge is 2.38. The van der Waals surface area contributed by atoms with Gasteiger partial charge in [-0.25, -0.2) is 8.78 Å². The summed E-state index contributed by atoms with van der Waals surface area (Å²) in [6, 6.07) is 7.89. The summed E-state index contributed by atoms with van der Waals surface area (Å²) in [5, 5.41) is 16.4. The van der Waals surface area contributed by atoms with E-state index >= 15 is 0 Å². The number of alkyl halides is 3. The summed E-state index contributed by atoms with van der Waals surface area (Å²) in [7, 11) is 1.46. The van der Waals surface area contributed by atoms with E-state index in [-0.39, 0.29) is 49.1 Å². The fourth-order valence-electron chi connectivity index (χ4n) is 3.98. The van der Waals surface area contributed by atoms with Gasteiger partial charge in [0.15, 0.2) is 11.6 Å². The van der Waals surface area contributed by atoms with Crippen molar-refractivity contribution in [1.29, 1.82) is 0 Å². The molecule has 2 heterocycles. The zero-order valence-corrected chi connectivity index (χ0v) is 20.0. The molecule has 0 spiro atoms. The summed E-state index contributed by atoms with van der Waals surface area (Å²) in [4.78, 5) is 0. The minimum absolute atomic E-state index is 0. The number of methoxy groups -OCH3 is 1. The maximum atomic E-state index is 13.8. The van der Waals surface area contributed by atoms with Crippen LogP contribution in [0.4, 0.5) is 22.0 Å². The van der Waals surface area contributed by atoms with E-state index in [9.17, 15) is 22.0 Å². The molecule has 0 aliphatic carbocycles. The van der Waals surface area contributed by atoms with Gasteiger partial charge in [0.2, 0.25) is 0 Å². The molecule has 1 aliphatic heterocycles. The van der Waals surface area contributed by atoms with Crippen molar-refractivity contribution in [3.8, 4) is 11.4 Å². The van der Waals surface area contributed by atoms with Gasteiger partial charge in [-0.05, 0) is 65.7 Å². The van der Waals surface area contributed by atoms with Gasteiger partial charge >= 0.3 is 6.18 Å². The SMILES string of the molecule is COc1ccc(-n2nnnc2C(F)(F)F)cc1CN[C@@H]1CCCN[C@@H]1c1ccc(F)c(F)c1.Cl.Cl. The van der Waals surface area contributed by atoms with Gasteiger partial charge in [0.1, 0.15) is 5.75 Å². The number of piperidine rings is 1. The summed E-state index contributed by atoms with van der Waals surface area (Å²) in [5.41, 5.74) is 1.33. The average Bonchev–Trinajstić information content (AvgIpc) is 3.30. The van der Waals surface area contributed by atoms with Gasteiger partial charge in [-0.1, -0.05) is 6.07 Å². The van der Waals surface area contributed by atoms with Crippen molar-refractivity contribution in [2.24, 2.45) is 0 Å². The average molecular weight is 541 g/mol. The normalized spacial score (nSPS) is 17.9. The fourth-order valence-corrected chi connectivity index (χ4v) is 3.98. The van der Waals surface area contributed by atoms with Crippen molar-refractivity contribution in [3.63, 3.8) is 0 Å². The van der Waals surface area contributed by atoms with Gasteiger partial charge in [0.25, 0.3) is 5.82 Å². The Kier molecular flexibility index (Phi) is 9.78. The molecule has 1 aromatic heterocycles. The summed E-state index contributed by atoms with van der Waals surface area (Å²) >= 11 is 0. The van der Waals surface area contributed by atoms with Crippen molar-refractivity contribution >= 4 is 24.8 Å². The van der Waals surface area contributed by atoms with Crippen LogP contribution in [0.3, 0.4) is 0 Å². The van der Waals surface area contributed by atoms with Crippen LogP contribution in [-0.4, -0.2) is 39.9 Å². The topological polar surface area (TPSA) is 76.9 Å². The molecule has 2 atom stereocenters. The van der Waals surface area contributed by atoms with Crippen LogP contribution in [0.2, 0.25) is 0 Å². The minimum atomic E-state index is -4.72. The van der Waals surface area contributed by atoms with Crippen LogP contribution in [0.5, 0.6) is 5.75 Å². The Morgan fingerprint density at radius 3 is 2.57 bits per heavy atom. The molecule has 3 aromatic rings. The van der Waals surface area contributed by atoms with Gasteiger partial charge in [0.05, 0.1) is 12.8 Å². The van der Waals surface area contributed by atoms with Crippen molar-refractivity contribution in [1.82, 2.24) is 30.8 Å². The fraction of sp³-hybridized carbons (Fsp3) is 0.381. The molecule has 0 radical (unpaired) electrons. The molecule has 0 unspecified atom stereocenters. The van der Waals surface area contributed by atoms with Crippen molar-refractivity contribution in [2.45, 2.75) is 37.6 Å². The lowest BCUT2D eigenvalue weighted by Crippen LogP contribution is -2.45. The second-order valence-electron chi connectivity index (χ2n) is 7.64. The lowest BCUT2D eigenvalue weighted by Gasteiger charge is -2.34. The lowest BCUT2D eigenvalue weighted by atomic mass is 9.92. The van der Waals surface area contributed by atoms with Gasteiger partial charge < -0.3 is 15.4 Å². The van der Waals surface area contributed by atoms with Crippen LogP contribution in [0.25, 0.3) is 5.69 Å². The maximum Gasteiger partial charge on any atom is 0.453 e. The van der Waals surface area contributed by atoms with E-state index in [2.05, 4.69) is 26.2 Å². The summed E-state index contributed by atoms with van der Waals surface area (Å²) in [5.74, 6) is -2.60. The first-order valence-electron chi connectivity index (χ1n) is 10.2.